The van der Waals surface area contributed by atoms with E-state index in [-0.39, 0.29) is 35.6 Å². The van der Waals surface area contributed by atoms with Crippen LogP contribution in [0.1, 0.15) is 101 Å². The molecule has 0 amide bonds. The van der Waals surface area contributed by atoms with Crippen LogP contribution in [0.2, 0.25) is 18.1 Å². The van der Waals surface area contributed by atoms with Gasteiger partial charge in [0.1, 0.15) is 6.10 Å². The highest BCUT2D eigenvalue weighted by molar-refractivity contribution is 6.74. The van der Waals surface area contributed by atoms with Crippen molar-refractivity contribution >= 4 is 20.1 Å². The minimum absolute atomic E-state index is 0.0113. The summed E-state index contributed by atoms with van der Waals surface area (Å²) < 4.78 is 12.3. The number of carbonyl (C=O) groups is 2. The van der Waals surface area contributed by atoms with Gasteiger partial charge in [-0.15, -0.1) is 0 Å². The molecule has 2 N–H and O–H groups in total. The van der Waals surface area contributed by atoms with Gasteiger partial charge < -0.3 is 19.5 Å². The average Bonchev–Trinajstić information content (AvgIpc) is 2.66. The molecule has 1 aliphatic rings. The molecular formula is C27H53NO6Si. The molecule has 0 aliphatic carbocycles. The number of allylic oxidation sites excluding steroid dienone is 1. The first-order valence-corrected chi connectivity index (χ1v) is 15.9. The Morgan fingerprint density at radius 1 is 1.11 bits per heavy atom. The summed E-state index contributed by atoms with van der Waals surface area (Å²) in [5.41, 5.74) is -0.881. The van der Waals surface area contributed by atoms with Gasteiger partial charge in [-0.1, -0.05) is 33.3 Å². The summed E-state index contributed by atoms with van der Waals surface area (Å²) in [5, 5.41) is 19.5. The van der Waals surface area contributed by atoms with E-state index in [9.17, 15) is 14.8 Å². The number of hydrogen-bond donors (Lipinski definition) is 2. The van der Waals surface area contributed by atoms with Crippen LogP contribution in [0, 0.1) is 0 Å². The Balaban J connectivity index is 0.00000365. The van der Waals surface area contributed by atoms with Gasteiger partial charge in [-0.2, -0.15) is 5.06 Å². The van der Waals surface area contributed by atoms with Crippen LogP contribution < -0.4 is 0 Å². The summed E-state index contributed by atoms with van der Waals surface area (Å²) in [6, 6.07) is 0. The number of nitrogens with zero attached hydrogens (tertiary/aromatic N) is 1. The Hall–Kier alpha value is -1.06. The van der Waals surface area contributed by atoms with Gasteiger partial charge in [0.15, 0.2) is 14.1 Å². The van der Waals surface area contributed by atoms with Crippen LogP contribution in [-0.4, -0.2) is 65.3 Å². The summed E-state index contributed by atoms with van der Waals surface area (Å²) in [6.07, 6.45) is 7.04. The van der Waals surface area contributed by atoms with E-state index in [4.69, 9.17) is 14.3 Å². The second kappa shape index (κ2) is 14.0. The van der Waals surface area contributed by atoms with E-state index in [0.717, 1.165) is 19.3 Å². The Bertz CT molecular complexity index is 678. The maximum Gasteiger partial charge on any atom is 0.306 e. The van der Waals surface area contributed by atoms with E-state index in [1.165, 1.54) is 5.06 Å². The highest BCUT2D eigenvalue weighted by Crippen LogP contribution is 2.39. The van der Waals surface area contributed by atoms with Crippen LogP contribution in [-0.2, 0) is 18.8 Å². The van der Waals surface area contributed by atoms with Crippen LogP contribution in [0.25, 0.3) is 0 Å². The van der Waals surface area contributed by atoms with Gasteiger partial charge in [0.2, 0.25) is 0 Å². The molecule has 7 nitrogen and oxygen atoms in total. The number of esters is 1. The maximum atomic E-state index is 12.5. The normalized spacial score (nSPS) is 19.7. The fourth-order valence-corrected chi connectivity index (χ4v) is 5.42. The molecule has 1 saturated heterocycles. The lowest BCUT2D eigenvalue weighted by molar-refractivity contribution is -0.259. The van der Waals surface area contributed by atoms with Gasteiger partial charge in [0.25, 0.3) is 0 Å². The average molecular weight is 516 g/mol. The molecule has 0 bridgehead atoms. The van der Waals surface area contributed by atoms with Gasteiger partial charge in [-0.05, 0) is 78.6 Å². The largest absolute Gasteiger partial charge is 0.462 e. The van der Waals surface area contributed by atoms with Crippen molar-refractivity contribution in [3.05, 3.63) is 12.2 Å². The van der Waals surface area contributed by atoms with Crippen LogP contribution >= 0.6 is 0 Å². The number of unbranched alkanes of at least 4 members (excludes halogenated alkanes) is 1. The number of aliphatic hydroxyl groups excluding tert-OH is 1. The third-order valence-corrected chi connectivity index (χ3v) is 11.3. The van der Waals surface area contributed by atoms with E-state index in [2.05, 4.69) is 33.9 Å². The quantitative estimate of drug-likeness (QED) is 0.159. The molecule has 0 aromatic carbocycles. The Labute approximate surface area is 215 Å². The fraction of sp³-hybridized carbons (Fsp3) is 0.852. The zero-order valence-electron chi connectivity index (χ0n) is 24.2. The lowest BCUT2D eigenvalue weighted by Gasteiger charge is -2.50. The van der Waals surface area contributed by atoms with Crippen molar-refractivity contribution in [2.45, 2.75) is 142 Å². The minimum Gasteiger partial charge on any atom is -0.462 e. The summed E-state index contributed by atoms with van der Waals surface area (Å²) in [7, 11) is -1.96. The van der Waals surface area contributed by atoms with Gasteiger partial charge in [0, 0.05) is 36.9 Å². The zero-order valence-corrected chi connectivity index (χ0v) is 25.2. The molecule has 1 heterocycles. The summed E-state index contributed by atoms with van der Waals surface area (Å²) in [5.74, 6) is -0.175. The van der Waals surface area contributed by atoms with Crippen molar-refractivity contribution in [1.82, 2.24) is 5.06 Å². The smallest absolute Gasteiger partial charge is 0.306 e. The van der Waals surface area contributed by atoms with E-state index in [1.54, 1.807) is 19.9 Å². The number of rotatable bonds is 10. The first kappa shape index (κ1) is 33.9. The molecule has 1 aliphatic heterocycles. The predicted octanol–water partition coefficient (Wildman–Crippen LogP) is 6.04. The third-order valence-electron chi connectivity index (χ3n) is 6.82. The summed E-state index contributed by atoms with van der Waals surface area (Å²) in [6.45, 7) is 22.3. The van der Waals surface area contributed by atoms with E-state index in [1.807, 2.05) is 33.8 Å². The molecular weight excluding hydrogens is 462 g/mol. The van der Waals surface area contributed by atoms with E-state index in [0.29, 0.717) is 19.3 Å². The van der Waals surface area contributed by atoms with Gasteiger partial charge in [0.05, 0.1) is 6.10 Å². The Morgan fingerprint density at radius 2 is 1.60 bits per heavy atom. The first-order valence-electron chi connectivity index (χ1n) is 12.9. The molecule has 0 radical (unpaired) electrons. The lowest BCUT2D eigenvalue weighted by Crippen LogP contribution is -2.60. The van der Waals surface area contributed by atoms with Crippen molar-refractivity contribution < 1.29 is 29.1 Å². The van der Waals surface area contributed by atoms with Gasteiger partial charge in [-0.25, -0.2) is 0 Å². The van der Waals surface area contributed by atoms with Crippen molar-refractivity contribution in [3.63, 3.8) is 0 Å². The van der Waals surface area contributed by atoms with Crippen molar-refractivity contribution in [1.29, 1.82) is 0 Å². The van der Waals surface area contributed by atoms with Crippen LogP contribution in [0.3, 0.4) is 0 Å². The number of hydrogen-bond acceptors (Lipinski definition) is 7. The van der Waals surface area contributed by atoms with E-state index < -0.39 is 19.4 Å². The number of carbonyl (C=O) groups excluding carboxylic acids is 2. The van der Waals surface area contributed by atoms with Gasteiger partial charge in [-0.3, -0.25) is 9.59 Å². The molecule has 1 fully saturated rings. The number of aliphatic hydroxyl groups is 1. The second-order valence-electron chi connectivity index (χ2n) is 12.4. The van der Waals surface area contributed by atoms with Crippen molar-refractivity contribution in [3.8, 4) is 0 Å². The zero-order chi connectivity index (χ0) is 27.7. The van der Waals surface area contributed by atoms with Crippen LogP contribution in [0.15, 0.2) is 12.2 Å². The SMILES string of the molecule is CC(=O)/C=C/C(CCCCC(=O)OC1CC(C)(C)N(O)C(C)(C)C1)O[Si](C)(C)C(C)(C)C.CCO. The molecule has 0 saturated carbocycles. The highest BCUT2D eigenvalue weighted by Gasteiger charge is 2.46. The molecule has 0 aromatic rings. The van der Waals surface area contributed by atoms with Gasteiger partial charge >= 0.3 is 5.97 Å². The molecule has 8 heteroatoms. The Kier molecular flexibility index (Phi) is 13.6. The molecule has 0 aromatic heterocycles. The number of ketones is 1. The molecule has 1 atom stereocenters. The summed E-state index contributed by atoms with van der Waals surface area (Å²) >= 11 is 0. The number of piperidine rings is 1. The molecule has 1 rings (SSSR count). The van der Waals surface area contributed by atoms with E-state index >= 15 is 0 Å². The topological polar surface area (TPSA) is 96.3 Å². The second-order valence-corrected chi connectivity index (χ2v) is 17.2. The molecule has 1 unspecified atom stereocenters. The molecule has 206 valence electrons. The third kappa shape index (κ3) is 12.1. The first-order chi connectivity index (χ1) is 15.8. The monoisotopic (exact) mass is 515 g/mol. The summed E-state index contributed by atoms with van der Waals surface area (Å²) in [4.78, 5) is 23.9. The molecule has 35 heavy (non-hydrogen) atoms. The fourth-order valence-electron chi connectivity index (χ4n) is 4.11. The number of ether oxygens (including phenoxy) is 1. The Morgan fingerprint density at radius 3 is 2.03 bits per heavy atom. The predicted molar refractivity (Wildman–Crippen MR) is 144 cm³/mol. The van der Waals surface area contributed by atoms with Crippen molar-refractivity contribution in [2.75, 3.05) is 6.61 Å². The van der Waals surface area contributed by atoms with Crippen LogP contribution in [0.4, 0.5) is 0 Å². The van der Waals surface area contributed by atoms with Crippen molar-refractivity contribution in [2.24, 2.45) is 0 Å². The van der Waals surface area contributed by atoms with Crippen LogP contribution in [0.5, 0.6) is 0 Å². The minimum atomic E-state index is -1.96. The number of hydroxylamine groups is 2. The lowest BCUT2D eigenvalue weighted by atomic mass is 9.80. The maximum absolute atomic E-state index is 12.5. The molecule has 0 spiro atoms. The standard InChI is InChI=1S/C25H47NO5Si.C2H6O/c1-19(27)15-16-20(31-32(9,10)23(2,3)4)13-11-12-14-22(28)30-21-17-24(5,6)26(29)25(7,8)18-21;1-2-3/h15-16,20-21,29H,11-14,17-18H2,1-10H3;3H,2H2,1H3/b16-15+;. The highest BCUT2D eigenvalue weighted by atomic mass is 28.4.